The van der Waals surface area contributed by atoms with Gasteiger partial charge in [-0.3, -0.25) is 4.79 Å². The molecule has 120 valence electrons. The van der Waals surface area contributed by atoms with Crippen LogP contribution in [0.4, 0.5) is 0 Å². The van der Waals surface area contributed by atoms with Crippen LogP contribution in [0, 0.1) is 11.3 Å². The van der Waals surface area contributed by atoms with Crippen LogP contribution in [-0.4, -0.2) is 36.8 Å². The molecule has 0 spiro atoms. The molecule has 1 saturated heterocycles. The van der Waals surface area contributed by atoms with Gasteiger partial charge in [0.25, 0.3) is 0 Å². The van der Waals surface area contributed by atoms with Gasteiger partial charge in [0.05, 0.1) is 31.8 Å². The van der Waals surface area contributed by atoms with Crippen LogP contribution in [0.5, 0.6) is 11.5 Å². The number of carbonyl (C=O) groups is 1. The number of hydrogen-bond acceptors (Lipinski definition) is 7. The van der Waals surface area contributed by atoms with Crippen molar-refractivity contribution in [3.63, 3.8) is 0 Å². The number of nitrogens with zero attached hydrogens (tertiary/aromatic N) is 3. The molecule has 0 unspecified atom stereocenters. The second kappa shape index (κ2) is 8.80. The molecule has 23 heavy (non-hydrogen) atoms. The number of ether oxygens (including phenoxy) is 2. The maximum absolute atomic E-state index is 11.1. The zero-order valence-electron chi connectivity index (χ0n) is 12.6. The molecule has 1 aromatic rings. The predicted octanol–water partition coefficient (Wildman–Crippen LogP) is 1.93. The van der Waals surface area contributed by atoms with E-state index in [1.165, 1.54) is 11.8 Å². The Morgan fingerprint density at radius 3 is 3.09 bits per heavy atom. The minimum Gasteiger partial charge on any atom is -0.493 e. The quantitative estimate of drug-likeness (QED) is 0.467. The summed E-state index contributed by atoms with van der Waals surface area (Å²) in [6.45, 7) is 0.412. The van der Waals surface area contributed by atoms with Crippen molar-refractivity contribution in [3.8, 4) is 17.6 Å². The highest BCUT2D eigenvalue weighted by atomic mass is 32.2. The Labute approximate surface area is 138 Å². The molecule has 0 radical (unpaired) electrons. The van der Waals surface area contributed by atoms with Gasteiger partial charge in [0.2, 0.25) is 5.91 Å². The van der Waals surface area contributed by atoms with Crippen molar-refractivity contribution in [1.29, 1.82) is 5.26 Å². The highest BCUT2D eigenvalue weighted by Gasteiger charge is 2.16. The highest BCUT2D eigenvalue weighted by molar-refractivity contribution is 8.15. The van der Waals surface area contributed by atoms with Crippen LogP contribution in [-0.2, 0) is 4.79 Å². The van der Waals surface area contributed by atoms with E-state index in [0.717, 1.165) is 0 Å². The van der Waals surface area contributed by atoms with E-state index >= 15 is 0 Å². The number of amides is 1. The van der Waals surface area contributed by atoms with Gasteiger partial charge in [0, 0.05) is 12.0 Å². The van der Waals surface area contributed by atoms with Gasteiger partial charge in [-0.2, -0.15) is 10.4 Å². The van der Waals surface area contributed by atoms with Gasteiger partial charge in [0.15, 0.2) is 16.7 Å². The molecular formula is C15H16N4O3S. The summed E-state index contributed by atoms with van der Waals surface area (Å²) in [4.78, 5) is 11.1. The average molecular weight is 332 g/mol. The first-order chi connectivity index (χ1) is 11.2. The van der Waals surface area contributed by atoms with Crippen LogP contribution >= 0.6 is 11.8 Å². The third-order valence-electron chi connectivity index (χ3n) is 2.84. The number of unbranched alkanes of at least 4 members (excludes halogenated alkanes) is 1. The largest absolute Gasteiger partial charge is 0.493 e. The molecule has 0 atom stereocenters. The second-order valence-corrected chi connectivity index (χ2v) is 5.44. The van der Waals surface area contributed by atoms with Crippen LogP contribution in [0.2, 0.25) is 0 Å². The Balaban J connectivity index is 2.10. The van der Waals surface area contributed by atoms with E-state index in [2.05, 4.69) is 21.6 Å². The Morgan fingerprint density at radius 1 is 1.52 bits per heavy atom. The molecule has 1 heterocycles. The molecule has 0 saturated carbocycles. The number of carbonyl (C=O) groups excluding carboxylic acids is 1. The minimum absolute atomic E-state index is 0.0770. The van der Waals surface area contributed by atoms with Crippen LogP contribution in [0.15, 0.2) is 28.4 Å². The second-order valence-electron chi connectivity index (χ2n) is 4.48. The number of para-hydroxylation sites is 1. The van der Waals surface area contributed by atoms with Gasteiger partial charge in [-0.15, -0.1) is 5.10 Å². The van der Waals surface area contributed by atoms with E-state index in [-0.39, 0.29) is 5.91 Å². The van der Waals surface area contributed by atoms with Gasteiger partial charge >= 0.3 is 0 Å². The van der Waals surface area contributed by atoms with Gasteiger partial charge < -0.3 is 14.8 Å². The van der Waals surface area contributed by atoms with E-state index in [1.807, 2.05) is 12.1 Å². The lowest BCUT2D eigenvalue weighted by Crippen LogP contribution is -2.19. The van der Waals surface area contributed by atoms with Crippen molar-refractivity contribution in [1.82, 2.24) is 5.32 Å². The van der Waals surface area contributed by atoms with Crippen LogP contribution < -0.4 is 14.8 Å². The molecular weight excluding hydrogens is 316 g/mol. The van der Waals surface area contributed by atoms with E-state index in [1.54, 1.807) is 19.4 Å². The van der Waals surface area contributed by atoms with Crippen molar-refractivity contribution >= 4 is 29.1 Å². The van der Waals surface area contributed by atoms with Gasteiger partial charge in [-0.05, 0) is 18.6 Å². The number of nitriles is 1. The van der Waals surface area contributed by atoms with E-state index < -0.39 is 0 Å². The van der Waals surface area contributed by atoms with Crippen LogP contribution in [0.1, 0.15) is 18.4 Å². The Hall–Kier alpha value is -2.53. The Morgan fingerprint density at radius 2 is 2.39 bits per heavy atom. The third-order valence-corrected chi connectivity index (χ3v) is 3.70. The number of thioether (sulfide) groups is 1. The van der Waals surface area contributed by atoms with E-state index in [9.17, 15) is 4.79 Å². The molecule has 0 aliphatic carbocycles. The summed E-state index contributed by atoms with van der Waals surface area (Å²) in [7, 11) is 1.56. The molecule has 1 aliphatic rings. The van der Waals surface area contributed by atoms with Gasteiger partial charge in [-0.1, -0.05) is 17.8 Å². The summed E-state index contributed by atoms with van der Waals surface area (Å²) >= 11 is 1.31. The molecule has 8 heteroatoms. The number of rotatable bonds is 7. The molecule has 2 rings (SSSR count). The van der Waals surface area contributed by atoms with Crippen molar-refractivity contribution < 1.29 is 14.3 Å². The number of amidine groups is 1. The Kier molecular flexibility index (Phi) is 6.44. The van der Waals surface area contributed by atoms with Crippen molar-refractivity contribution in [2.24, 2.45) is 10.2 Å². The summed E-state index contributed by atoms with van der Waals surface area (Å²) in [5.74, 6) is 1.43. The molecule has 1 aromatic carbocycles. The van der Waals surface area contributed by atoms with Crippen molar-refractivity contribution in [2.45, 2.75) is 12.8 Å². The first kappa shape index (κ1) is 16.8. The van der Waals surface area contributed by atoms with Crippen molar-refractivity contribution in [2.75, 3.05) is 19.5 Å². The summed E-state index contributed by atoms with van der Waals surface area (Å²) < 4.78 is 11.0. The lowest BCUT2D eigenvalue weighted by atomic mass is 10.2. The number of hydrogen-bond donors (Lipinski definition) is 1. The molecule has 1 aliphatic heterocycles. The molecule has 7 nitrogen and oxygen atoms in total. The fourth-order valence-electron chi connectivity index (χ4n) is 1.80. The Bertz CT molecular complexity index is 667. The smallest absolute Gasteiger partial charge is 0.236 e. The fraction of sp³-hybridized carbons (Fsp3) is 0.333. The first-order valence-electron chi connectivity index (χ1n) is 6.95. The summed E-state index contributed by atoms with van der Waals surface area (Å²) in [5.41, 5.74) is 0.708. The molecule has 0 bridgehead atoms. The zero-order chi connectivity index (χ0) is 16.5. The standard InChI is InChI=1S/C15H16N4O3S/c1-21-12-6-4-5-11(14(12)22-8-3-2-7-16)9-17-19-15-18-13(20)10-23-15/h4-6,9H,2-3,8,10H2,1H3,(H,18,19,20). The maximum atomic E-state index is 11.1. The first-order valence-corrected chi connectivity index (χ1v) is 7.93. The lowest BCUT2D eigenvalue weighted by molar-refractivity contribution is -0.116. The molecule has 1 N–H and O–H groups in total. The molecule has 1 fully saturated rings. The summed E-state index contributed by atoms with van der Waals surface area (Å²) in [6.07, 6.45) is 2.61. The fourth-order valence-corrected chi connectivity index (χ4v) is 2.43. The average Bonchev–Trinajstić information content (AvgIpc) is 2.97. The SMILES string of the molecule is COc1cccc(C=NN=C2NC(=O)CS2)c1OCCCC#N. The maximum Gasteiger partial charge on any atom is 0.236 e. The normalized spacial score (nSPS) is 15.7. The van der Waals surface area contributed by atoms with E-state index in [0.29, 0.717) is 47.4 Å². The molecule has 0 aromatic heterocycles. The van der Waals surface area contributed by atoms with Crippen molar-refractivity contribution in [3.05, 3.63) is 23.8 Å². The monoisotopic (exact) mass is 332 g/mol. The van der Waals surface area contributed by atoms with Crippen LogP contribution in [0.3, 0.4) is 0 Å². The van der Waals surface area contributed by atoms with Gasteiger partial charge in [-0.25, -0.2) is 0 Å². The lowest BCUT2D eigenvalue weighted by Gasteiger charge is -2.12. The third kappa shape index (κ3) is 5.00. The topological polar surface area (TPSA) is 96.1 Å². The number of nitrogens with one attached hydrogen (secondary N) is 1. The highest BCUT2D eigenvalue weighted by Crippen LogP contribution is 2.30. The number of benzene rings is 1. The zero-order valence-corrected chi connectivity index (χ0v) is 13.4. The predicted molar refractivity (Wildman–Crippen MR) is 89.0 cm³/mol. The summed E-state index contributed by atoms with van der Waals surface area (Å²) in [5, 5.41) is 19.6. The van der Waals surface area contributed by atoms with E-state index in [4.69, 9.17) is 14.7 Å². The van der Waals surface area contributed by atoms with Gasteiger partial charge in [0.1, 0.15) is 0 Å². The summed E-state index contributed by atoms with van der Waals surface area (Å²) in [6, 6.07) is 7.51. The molecule has 1 amide bonds. The minimum atomic E-state index is -0.0770. The van der Waals surface area contributed by atoms with Crippen LogP contribution in [0.25, 0.3) is 0 Å². The number of methoxy groups -OCH3 is 1.